The molecule has 0 spiro atoms. The summed E-state index contributed by atoms with van der Waals surface area (Å²) in [7, 11) is 0. The predicted molar refractivity (Wildman–Crippen MR) is 290 cm³/mol. The van der Waals surface area contributed by atoms with Crippen molar-refractivity contribution >= 4 is 5.91 Å². The lowest BCUT2D eigenvalue weighted by molar-refractivity contribution is -0.123. The van der Waals surface area contributed by atoms with Crippen LogP contribution in [0.5, 0.6) is 0 Å². The Labute approximate surface area is 406 Å². The SMILES string of the molecule is CCCCCCC/C=C\C/C=C\C/C=C\CCCCCCCCCCC(=O)NC(CO)C(O)/C=C/CC/C=C/CC/C=C/CCCCCCCCCCCCCCCCCCCCCC. The number of allylic oxidation sites excluding steroid dienone is 11. The summed E-state index contributed by atoms with van der Waals surface area (Å²) >= 11 is 0. The van der Waals surface area contributed by atoms with Crippen LogP contribution in [0, 0.1) is 0 Å². The highest BCUT2D eigenvalue weighted by molar-refractivity contribution is 5.76. The van der Waals surface area contributed by atoms with Crippen molar-refractivity contribution in [2.75, 3.05) is 6.61 Å². The fraction of sp³-hybridized carbons (Fsp3) is 0.787. The predicted octanol–water partition coefficient (Wildman–Crippen LogP) is 19.0. The van der Waals surface area contributed by atoms with Crippen LogP contribution in [0.2, 0.25) is 0 Å². The summed E-state index contributed by atoms with van der Waals surface area (Å²) in [5.41, 5.74) is 0. The summed E-state index contributed by atoms with van der Waals surface area (Å²) in [5.74, 6) is -0.0851. The molecule has 2 atom stereocenters. The first kappa shape index (κ1) is 62.8. The Hall–Kier alpha value is -2.17. The number of carbonyl (C=O) groups excluding carboxylic acids is 1. The zero-order valence-corrected chi connectivity index (χ0v) is 43.5. The van der Waals surface area contributed by atoms with Gasteiger partial charge in [0, 0.05) is 6.42 Å². The molecule has 0 fully saturated rings. The highest BCUT2D eigenvalue weighted by Crippen LogP contribution is 2.16. The molecule has 3 N–H and O–H groups in total. The summed E-state index contributed by atoms with van der Waals surface area (Å²) in [6.45, 7) is 4.30. The fourth-order valence-corrected chi connectivity index (χ4v) is 8.51. The van der Waals surface area contributed by atoms with Gasteiger partial charge in [0.05, 0.1) is 18.8 Å². The zero-order chi connectivity index (χ0) is 47.0. The molecule has 0 rings (SSSR count). The van der Waals surface area contributed by atoms with E-state index in [-0.39, 0.29) is 12.5 Å². The molecular weight excluding hydrogens is 795 g/mol. The monoisotopic (exact) mass is 906 g/mol. The highest BCUT2D eigenvalue weighted by Gasteiger charge is 2.18. The van der Waals surface area contributed by atoms with Crippen LogP contribution in [0.3, 0.4) is 0 Å². The zero-order valence-electron chi connectivity index (χ0n) is 43.5. The first-order valence-corrected chi connectivity index (χ1v) is 28.7. The molecule has 0 aliphatic rings. The van der Waals surface area contributed by atoms with E-state index in [0.29, 0.717) is 6.42 Å². The Kier molecular flexibility index (Phi) is 54.3. The number of hydrogen-bond donors (Lipinski definition) is 3. The third-order valence-corrected chi connectivity index (χ3v) is 12.9. The van der Waals surface area contributed by atoms with Crippen molar-refractivity contribution in [2.24, 2.45) is 0 Å². The number of aliphatic hydroxyl groups is 2. The van der Waals surface area contributed by atoms with Crippen LogP contribution >= 0.6 is 0 Å². The molecule has 65 heavy (non-hydrogen) atoms. The molecule has 378 valence electrons. The van der Waals surface area contributed by atoms with Gasteiger partial charge in [-0.15, -0.1) is 0 Å². The molecule has 0 radical (unpaired) electrons. The second-order valence-corrected chi connectivity index (χ2v) is 19.3. The van der Waals surface area contributed by atoms with Gasteiger partial charge in [0.15, 0.2) is 0 Å². The van der Waals surface area contributed by atoms with Gasteiger partial charge in [-0.1, -0.05) is 273 Å². The molecule has 4 heteroatoms. The third kappa shape index (κ3) is 52.7. The Balaban J connectivity index is 3.59. The maximum absolute atomic E-state index is 12.5. The maximum Gasteiger partial charge on any atom is 0.220 e. The lowest BCUT2D eigenvalue weighted by Crippen LogP contribution is -2.45. The van der Waals surface area contributed by atoms with Gasteiger partial charge in [0.25, 0.3) is 0 Å². The molecule has 0 aliphatic carbocycles. The summed E-state index contributed by atoms with van der Waals surface area (Å²) in [6.07, 6.45) is 80.7. The number of rotatable bonds is 52. The number of carbonyl (C=O) groups is 1. The number of aliphatic hydroxyl groups excluding tert-OH is 2. The van der Waals surface area contributed by atoms with Gasteiger partial charge in [0.1, 0.15) is 0 Å². The van der Waals surface area contributed by atoms with Crippen LogP contribution in [0.4, 0.5) is 0 Å². The van der Waals surface area contributed by atoms with Crippen molar-refractivity contribution < 1.29 is 15.0 Å². The molecule has 0 saturated carbocycles. The molecule has 0 aromatic heterocycles. The Morgan fingerprint density at radius 3 is 1.00 bits per heavy atom. The number of nitrogens with one attached hydrogen (secondary N) is 1. The average Bonchev–Trinajstić information content (AvgIpc) is 3.31. The Morgan fingerprint density at radius 1 is 0.369 bits per heavy atom. The smallest absolute Gasteiger partial charge is 0.220 e. The van der Waals surface area contributed by atoms with Crippen molar-refractivity contribution in [2.45, 2.75) is 302 Å². The fourth-order valence-electron chi connectivity index (χ4n) is 8.51. The van der Waals surface area contributed by atoms with Crippen LogP contribution in [0.25, 0.3) is 0 Å². The quantitative estimate of drug-likeness (QED) is 0.0421. The number of hydrogen-bond acceptors (Lipinski definition) is 3. The normalized spacial score (nSPS) is 13.4. The highest BCUT2D eigenvalue weighted by atomic mass is 16.3. The molecule has 1 amide bonds. The molecule has 0 aromatic rings. The van der Waals surface area contributed by atoms with Gasteiger partial charge in [-0.25, -0.2) is 0 Å². The van der Waals surface area contributed by atoms with E-state index in [9.17, 15) is 15.0 Å². The van der Waals surface area contributed by atoms with Crippen molar-refractivity contribution in [3.8, 4) is 0 Å². The van der Waals surface area contributed by atoms with E-state index in [1.54, 1.807) is 6.08 Å². The van der Waals surface area contributed by atoms with E-state index in [0.717, 1.165) is 57.8 Å². The summed E-state index contributed by atoms with van der Waals surface area (Å²) in [5, 5.41) is 23.1. The van der Waals surface area contributed by atoms with Gasteiger partial charge in [-0.2, -0.15) is 0 Å². The summed E-state index contributed by atoms with van der Waals surface area (Å²) in [4.78, 5) is 12.5. The molecule has 0 heterocycles. The molecule has 0 aliphatic heterocycles. The molecule has 0 aromatic carbocycles. The molecule has 2 unspecified atom stereocenters. The van der Waals surface area contributed by atoms with E-state index in [1.165, 1.54) is 212 Å². The third-order valence-electron chi connectivity index (χ3n) is 12.9. The van der Waals surface area contributed by atoms with Crippen LogP contribution in [0.1, 0.15) is 290 Å². The first-order valence-electron chi connectivity index (χ1n) is 28.7. The van der Waals surface area contributed by atoms with Crippen LogP contribution in [-0.4, -0.2) is 34.9 Å². The van der Waals surface area contributed by atoms with Crippen LogP contribution in [-0.2, 0) is 4.79 Å². The summed E-state index contributed by atoms with van der Waals surface area (Å²) in [6, 6.07) is -0.655. The van der Waals surface area contributed by atoms with Crippen molar-refractivity contribution in [1.29, 1.82) is 0 Å². The Bertz CT molecular complexity index is 1120. The van der Waals surface area contributed by atoms with Crippen LogP contribution in [0.15, 0.2) is 72.9 Å². The van der Waals surface area contributed by atoms with E-state index in [1.807, 2.05) is 6.08 Å². The maximum atomic E-state index is 12.5. The van der Waals surface area contributed by atoms with E-state index in [4.69, 9.17) is 0 Å². The number of amides is 1. The minimum atomic E-state index is -0.879. The largest absolute Gasteiger partial charge is 0.394 e. The van der Waals surface area contributed by atoms with Crippen molar-refractivity contribution in [3.05, 3.63) is 72.9 Å². The van der Waals surface area contributed by atoms with E-state index >= 15 is 0 Å². The molecule has 0 bridgehead atoms. The van der Waals surface area contributed by atoms with Gasteiger partial charge in [-0.3, -0.25) is 4.79 Å². The van der Waals surface area contributed by atoms with E-state index in [2.05, 4.69) is 79.9 Å². The Morgan fingerprint density at radius 2 is 0.646 bits per heavy atom. The lowest BCUT2D eigenvalue weighted by atomic mass is 10.0. The molecule has 0 saturated heterocycles. The second kappa shape index (κ2) is 56.2. The number of unbranched alkanes of at least 4 members (excludes halogenated alkanes) is 35. The minimum absolute atomic E-state index is 0.0851. The van der Waals surface area contributed by atoms with Gasteiger partial charge in [0.2, 0.25) is 5.91 Å². The standard InChI is InChI=1S/C61H111NO3/c1-3-5-7-9-11-13-15-17-19-21-23-25-27-28-29-30-31-32-33-35-36-38-40-42-44-46-48-50-52-54-56-60(64)59(58-63)62-61(65)57-55-53-51-49-47-45-43-41-39-37-34-26-24-22-20-18-16-14-12-10-8-6-4-2/h16,18,22,24,34,37-38,40,46,48,54,56,59-60,63-64H,3-15,17,19-21,23,25-33,35-36,39,41-45,47,49-53,55,57-58H2,1-2H3,(H,62,65)/b18-16-,24-22-,37-34-,40-38+,48-46+,56-54+. The van der Waals surface area contributed by atoms with Gasteiger partial charge >= 0.3 is 0 Å². The first-order chi connectivity index (χ1) is 32.2. The lowest BCUT2D eigenvalue weighted by Gasteiger charge is -2.19. The molecular formula is C61H111NO3. The topological polar surface area (TPSA) is 69.6 Å². The van der Waals surface area contributed by atoms with Gasteiger partial charge < -0.3 is 15.5 Å². The average molecular weight is 907 g/mol. The van der Waals surface area contributed by atoms with Gasteiger partial charge in [-0.05, 0) is 83.5 Å². The molecule has 4 nitrogen and oxygen atoms in total. The van der Waals surface area contributed by atoms with Crippen molar-refractivity contribution in [1.82, 2.24) is 5.32 Å². The van der Waals surface area contributed by atoms with E-state index < -0.39 is 12.1 Å². The van der Waals surface area contributed by atoms with Crippen LogP contribution < -0.4 is 5.32 Å². The second-order valence-electron chi connectivity index (χ2n) is 19.3. The minimum Gasteiger partial charge on any atom is -0.394 e. The summed E-state index contributed by atoms with van der Waals surface area (Å²) < 4.78 is 0. The van der Waals surface area contributed by atoms with Crippen molar-refractivity contribution in [3.63, 3.8) is 0 Å².